The van der Waals surface area contributed by atoms with Crippen LogP contribution in [0.4, 0.5) is 11.6 Å². The second-order valence-electron chi connectivity index (χ2n) is 8.18. The van der Waals surface area contributed by atoms with E-state index in [0.29, 0.717) is 38.8 Å². The van der Waals surface area contributed by atoms with Crippen molar-refractivity contribution in [2.24, 2.45) is 0 Å². The van der Waals surface area contributed by atoms with E-state index >= 15 is 0 Å². The van der Waals surface area contributed by atoms with Crippen LogP contribution in [0.25, 0.3) is 0 Å². The number of fused-ring (bicyclic) bond motifs is 1. The summed E-state index contributed by atoms with van der Waals surface area (Å²) in [6.07, 6.45) is 0. The average Bonchev–Trinajstić information content (AvgIpc) is 3.30. The first kappa shape index (κ1) is 24.0. The number of para-hydroxylation sites is 2. The third kappa shape index (κ3) is 4.82. The fraction of sp³-hybridized carbons (Fsp3) is 0.148. The third-order valence-corrected chi connectivity index (χ3v) is 7.10. The highest BCUT2D eigenvalue weighted by Crippen LogP contribution is 2.39. The summed E-state index contributed by atoms with van der Waals surface area (Å²) in [6.45, 7) is 1.86. The summed E-state index contributed by atoms with van der Waals surface area (Å²) >= 11 is 8.17. The van der Waals surface area contributed by atoms with Gasteiger partial charge in [-0.3, -0.25) is 4.79 Å². The van der Waals surface area contributed by atoms with Gasteiger partial charge >= 0.3 is 0 Å². The van der Waals surface area contributed by atoms with Crippen LogP contribution in [0.2, 0.25) is 5.02 Å². The van der Waals surface area contributed by atoms with Gasteiger partial charge < -0.3 is 15.4 Å². The Morgan fingerprint density at radius 1 is 1.08 bits per heavy atom. The minimum atomic E-state index is -0.566. The molecule has 2 N–H and O–H groups in total. The Kier molecular flexibility index (Phi) is 6.97. The Balaban J connectivity index is 1.51. The molecule has 1 atom stereocenters. The Morgan fingerprint density at radius 2 is 1.81 bits per heavy atom. The number of nitrogens with zero attached hydrogens (tertiary/aromatic N) is 3. The minimum Gasteiger partial charge on any atom is -0.495 e. The van der Waals surface area contributed by atoms with Gasteiger partial charge in [-0.1, -0.05) is 84.0 Å². The van der Waals surface area contributed by atoms with E-state index in [1.807, 2.05) is 61.5 Å². The number of methoxy groups -OCH3 is 1. The highest BCUT2D eigenvalue weighted by atomic mass is 35.5. The number of ether oxygens (including phenoxy) is 1. The maximum absolute atomic E-state index is 13.7. The predicted octanol–water partition coefficient (Wildman–Crippen LogP) is 6.16. The summed E-state index contributed by atoms with van der Waals surface area (Å²) in [5.41, 5.74) is 3.68. The molecule has 1 aliphatic heterocycles. The number of rotatable bonds is 7. The van der Waals surface area contributed by atoms with Crippen LogP contribution in [0.5, 0.6) is 5.75 Å². The van der Waals surface area contributed by atoms with Crippen molar-refractivity contribution < 1.29 is 9.53 Å². The number of carbonyl (C=O) groups is 1. The van der Waals surface area contributed by atoms with E-state index < -0.39 is 6.04 Å². The smallest absolute Gasteiger partial charge is 0.255 e. The molecule has 0 bridgehead atoms. The molecule has 3 aromatic carbocycles. The molecule has 1 aromatic heterocycles. The first-order valence-corrected chi connectivity index (χ1v) is 12.7. The molecule has 5 rings (SSSR count). The van der Waals surface area contributed by atoms with Crippen LogP contribution in [-0.2, 0) is 10.5 Å². The fourth-order valence-electron chi connectivity index (χ4n) is 4.13. The van der Waals surface area contributed by atoms with E-state index in [2.05, 4.69) is 22.8 Å². The number of carbonyl (C=O) groups excluding carboxylic acids is 1. The number of amides is 1. The van der Waals surface area contributed by atoms with Crippen molar-refractivity contribution in [2.45, 2.75) is 23.9 Å². The zero-order chi connectivity index (χ0) is 25.1. The van der Waals surface area contributed by atoms with Crippen molar-refractivity contribution >= 4 is 40.9 Å². The van der Waals surface area contributed by atoms with Crippen LogP contribution in [0.15, 0.2) is 95.3 Å². The van der Waals surface area contributed by atoms with E-state index in [-0.39, 0.29) is 5.91 Å². The number of aromatic nitrogens is 3. The molecule has 0 aliphatic carbocycles. The highest BCUT2D eigenvalue weighted by Gasteiger charge is 2.35. The second kappa shape index (κ2) is 10.5. The van der Waals surface area contributed by atoms with Crippen molar-refractivity contribution in [1.82, 2.24) is 14.8 Å². The molecule has 0 saturated carbocycles. The first-order chi connectivity index (χ1) is 17.5. The van der Waals surface area contributed by atoms with Gasteiger partial charge in [-0.2, -0.15) is 4.98 Å². The number of nitrogens with one attached hydrogen (secondary N) is 2. The van der Waals surface area contributed by atoms with Gasteiger partial charge in [0.2, 0.25) is 11.1 Å². The first-order valence-electron chi connectivity index (χ1n) is 11.3. The molecule has 4 aromatic rings. The van der Waals surface area contributed by atoms with Gasteiger partial charge in [-0.15, -0.1) is 5.10 Å². The number of thioether (sulfide) groups is 1. The number of halogens is 1. The second-order valence-corrected chi connectivity index (χ2v) is 9.53. The van der Waals surface area contributed by atoms with E-state index in [1.165, 1.54) is 17.3 Å². The van der Waals surface area contributed by atoms with Gasteiger partial charge in [0, 0.05) is 22.0 Å². The lowest BCUT2D eigenvalue weighted by Gasteiger charge is -2.29. The molecular formula is C27H24ClN5O2S. The lowest BCUT2D eigenvalue weighted by molar-refractivity contribution is -0.113. The van der Waals surface area contributed by atoms with Crippen LogP contribution in [-0.4, -0.2) is 27.8 Å². The van der Waals surface area contributed by atoms with Crippen LogP contribution in [0.3, 0.4) is 0 Å². The lowest BCUT2D eigenvalue weighted by Crippen LogP contribution is -2.31. The molecule has 7 nitrogen and oxygen atoms in total. The quantitative estimate of drug-likeness (QED) is 0.286. The van der Waals surface area contributed by atoms with Crippen LogP contribution in [0, 0.1) is 0 Å². The van der Waals surface area contributed by atoms with Gasteiger partial charge in [-0.25, -0.2) is 4.68 Å². The molecular weight excluding hydrogens is 494 g/mol. The maximum Gasteiger partial charge on any atom is 0.255 e. The van der Waals surface area contributed by atoms with Gasteiger partial charge in [0.15, 0.2) is 0 Å². The fourth-order valence-corrected chi connectivity index (χ4v) is 5.15. The van der Waals surface area contributed by atoms with Crippen LogP contribution < -0.4 is 15.4 Å². The average molecular weight is 518 g/mol. The predicted molar refractivity (Wildman–Crippen MR) is 144 cm³/mol. The van der Waals surface area contributed by atoms with Crippen molar-refractivity contribution in [3.8, 4) is 5.75 Å². The van der Waals surface area contributed by atoms with Crippen LogP contribution >= 0.6 is 23.4 Å². The van der Waals surface area contributed by atoms with Gasteiger partial charge in [0.25, 0.3) is 5.91 Å². The standard InChI is InChI=1S/C27H24ClN5O2S/c1-17-23(25(34)30-21-14-8-9-15-22(21)35-2)24(19-12-6-7-13-20(19)28)33-26(29-17)31-27(32-33)36-16-18-10-4-3-5-11-18/h3-15,24H,16H2,1-2H3,(H,30,34)(H,29,31,32)/t24-/m1/s1. The van der Waals surface area contributed by atoms with Crippen molar-refractivity contribution in [2.75, 3.05) is 17.7 Å². The Labute approximate surface area is 218 Å². The van der Waals surface area contributed by atoms with Crippen molar-refractivity contribution in [3.05, 3.63) is 106 Å². The molecule has 2 heterocycles. The summed E-state index contributed by atoms with van der Waals surface area (Å²) in [5, 5.41) is 12.2. The van der Waals surface area contributed by atoms with E-state index in [1.54, 1.807) is 23.9 Å². The van der Waals surface area contributed by atoms with Gasteiger partial charge in [0.1, 0.15) is 11.8 Å². The summed E-state index contributed by atoms with van der Waals surface area (Å²) in [5.74, 6) is 1.58. The summed E-state index contributed by atoms with van der Waals surface area (Å²) in [6, 6.07) is 24.4. The Bertz CT molecular complexity index is 1440. The van der Waals surface area contributed by atoms with E-state index in [4.69, 9.17) is 26.4 Å². The molecule has 1 aliphatic rings. The SMILES string of the molecule is COc1ccccc1NC(=O)C1=C(C)Nc2nc(SCc3ccccc3)nn2[C@@H]1c1ccccc1Cl. The van der Waals surface area contributed by atoms with Gasteiger partial charge in [0.05, 0.1) is 18.4 Å². The molecule has 182 valence electrons. The van der Waals surface area contributed by atoms with E-state index in [0.717, 1.165) is 11.3 Å². The molecule has 1 amide bonds. The Hall–Kier alpha value is -3.75. The Morgan fingerprint density at radius 3 is 2.58 bits per heavy atom. The normalized spacial score (nSPS) is 14.7. The van der Waals surface area contributed by atoms with Gasteiger partial charge in [-0.05, 0) is 30.7 Å². The summed E-state index contributed by atoms with van der Waals surface area (Å²) in [4.78, 5) is 18.4. The third-order valence-electron chi connectivity index (χ3n) is 5.84. The number of hydrogen-bond donors (Lipinski definition) is 2. The molecule has 0 saturated heterocycles. The number of hydrogen-bond acceptors (Lipinski definition) is 6. The largest absolute Gasteiger partial charge is 0.495 e. The molecule has 0 unspecified atom stereocenters. The zero-order valence-corrected chi connectivity index (χ0v) is 21.3. The summed E-state index contributed by atoms with van der Waals surface area (Å²) < 4.78 is 7.15. The number of anilines is 2. The minimum absolute atomic E-state index is 0.283. The van der Waals surface area contributed by atoms with Crippen molar-refractivity contribution in [1.29, 1.82) is 0 Å². The monoisotopic (exact) mass is 517 g/mol. The molecule has 0 radical (unpaired) electrons. The lowest BCUT2D eigenvalue weighted by atomic mass is 9.95. The topological polar surface area (TPSA) is 81.1 Å². The highest BCUT2D eigenvalue weighted by molar-refractivity contribution is 7.98. The number of benzene rings is 3. The number of allylic oxidation sites excluding steroid dienone is 1. The zero-order valence-electron chi connectivity index (χ0n) is 19.7. The molecule has 0 fully saturated rings. The van der Waals surface area contributed by atoms with Crippen LogP contribution in [0.1, 0.15) is 24.1 Å². The summed E-state index contributed by atoms with van der Waals surface area (Å²) in [7, 11) is 1.57. The maximum atomic E-state index is 13.7. The molecule has 36 heavy (non-hydrogen) atoms. The molecule has 0 spiro atoms. The molecule has 9 heteroatoms. The van der Waals surface area contributed by atoms with E-state index in [9.17, 15) is 4.79 Å². The van der Waals surface area contributed by atoms with Crippen molar-refractivity contribution in [3.63, 3.8) is 0 Å².